The molecule has 0 spiro atoms. The van der Waals surface area contributed by atoms with E-state index < -0.39 is 16.0 Å². The van der Waals surface area contributed by atoms with Gasteiger partial charge < -0.3 is 10.4 Å². The highest BCUT2D eigenvalue weighted by Crippen LogP contribution is 2.10. The van der Waals surface area contributed by atoms with E-state index in [0.29, 0.717) is 24.9 Å². The molecule has 8 heteroatoms. The lowest BCUT2D eigenvalue weighted by molar-refractivity contribution is -0.137. The smallest absolute Gasteiger partial charge is 0.303 e. The summed E-state index contributed by atoms with van der Waals surface area (Å²) in [5.41, 5.74) is 0.319. The van der Waals surface area contributed by atoms with Crippen LogP contribution in [0.25, 0.3) is 0 Å². The summed E-state index contributed by atoms with van der Waals surface area (Å²) in [5.74, 6) is 0.957. The van der Waals surface area contributed by atoms with E-state index in [1.54, 1.807) is 0 Å². The minimum absolute atomic E-state index is 0.0192. The molecule has 1 aromatic rings. The zero-order chi connectivity index (χ0) is 17.3. The Hall–Kier alpha value is -2.37. The van der Waals surface area contributed by atoms with Crippen LogP contribution in [0.5, 0.6) is 0 Å². The molecule has 0 aliphatic heterocycles. The van der Waals surface area contributed by atoms with Crippen LogP contribution < -0.4 is 10.0 Å². The Bertz CT molecular complexity index is 690. The van der Waals surface area contributed by atoms with Crippen molar-refractivity contribution < 1.29 is 23.1 Å². The SMILES string of the molecule is C#CCNS(=O)(=O)c1ccc(C(=O)NCCCCC(=O)O)cc1. The van der Waals surface area contributed by atoms with E-state index in [2.05, 4.69) is 16.0 Å². The monoisotopic (exact) mass is 338 g/mol. The topological polar surface area (TPSA) is 113 Å². The number of carboxylic acids is 1. The first kappa shape index (κ1) is 18.7. The van der Waals surface area contributed by atoms with Gasteiger partial charge in [0, 0.05) is 18.5 Å². The van der Waals surface area contributed by atoms with Crippen LogP contribution in [0.15, 0.2) is 29.2 Å². The first-order chi connectivity index (χ1) is 10.9. The van der Waals surface area contributed by atoms with Crippen molar-refractivity contribution in [1.82, 2.24) is 10.0 Å². The van der Waals surface area contributed by atoms with Crippen LogP contribution in [0, 0.1) is 12.3 Å². The van der Waals surface area contributed by atoms with Crippen LogP contribution in [0.3, 0.4) is 0 Å². The van der Waals surface area contributed by atoms with Gasteiger partial charge in [0.25, 0.3) is 5.91 Å². The largest absolute Gasteiger partial charge is 0.481 e. The van der Waals surface area contributed by atoms with Crippen molar-refractivity contribution in [2.24, 2.45) is 0 Å². The summed E-state index contributed by atoms with van der Waals surface area (Å²) in [4.78, 5) is 22.2. The third-order valence-electron chi connectivity index (χ3n) is 2.89. The molecule has 7 nitrogen and oxygen atoms in total. The van der Waals surface area contributed by atoms with Gasteiger partial charge in [-0.3, -0.25) is 9.59 Å². The Labute approximate surface area is 135 Å². The summed E-state index contributed by atoms with van der Waals surface area (Å²) in [6.45, 7) is 0.247. The van der Waals surface area contributed by atoms with Crippen molar-refractivity contribution in [3.63, 3.8) is 0 Å². The minimum Gasteiger partial charge on any atom is -0.481 e. The molecule has 23 heavy (non-hydrogen) atoms. The highest BCUT2D eigenvalue weighted by Gasteiger charge is 2.13. The standard InChI is InChI=1S/C15H18N2O5S/c1-2-10-17-23(21,22)13-8-6-12(7-9-13)15(20)16-11-4-3-5-14(18)19/h1,6-9,17H,3-5,10-11H2,(H,16,20)(H,18,19). The van der Waals surface area contributed by atoms with Gasteiger partial charge in [-0.2, -0.15) is 4.72 Å². The van der Waals surface area contributed by atoms with Gasteiger partial charge in [0.15, 0.2) is 0 Å². The number of benzene rings is 1. The molecule has 0 saturated carbocycles. The molecule has 0 atom stereocenters. The molecule has 1 rings (SSSR count). The minimum atomic E-state index is -3.68. The first-order valence-corrected chi connectivity index (χ1v) is 8.38. The van der Waals surface area contributed by atoms with Crippen LogP contribution in [-0.2, 0) is 14.8 Å². The second-order valence-electron chi connectivity index (χ2n) is 4.66. The highest BCUT2D eigenvalue weighted by atomic mass is 32.2. The molecule has 0 aliphatic rings. The van der Waals surface area contributed by atoms with Gasteiger partial charge in [-0.25, -0.2) is 8.42 Å². The molecule has 1 amide bonds. The van der Waals surface area contributed by atoms with Crippen LogP contribution in [-0.4, -0.2) is 38.5 Å². The molecule has 3 N–H and O–H groups in total. The summed E-state index contributed by atoms with van der Waals surface area (Å²) >= 11 is 0. The number of amides is 1. The number of hydrogen-bond acceptors (Lipinski definition) is 4. The molecule has 0 aliphatic carbocycles. The number of carboxylic acid groups (broad SMARTS) is 1. The molecule has 0 fully saturated rings. The summed E-state index contributed by atoms with van der Waals surface area (Å²) in [7, 11) is -3.68. The van der Waals surface area contributed by atoms with E-state index in [1.165, 1.54) is 24.3 Å². The van der Waals surface area contributed by atoms with Gasteiger partial charge in [0.05, 0.1) is 11.4 Å². The third-order valence-corrected chi connectivity index (χ3v) is 4.31. The van der Waals surface area contributed by atoms with Crippen molar-refractivity contribution >= 4 is 21.9 Å². The number of unbranched alkanes of at least 4 members (excludes halogenated alkanes) is 1. The number of terminal acetylenes is 1. The zero-order valence-corrected chi connectivity index (χ0v) is 13.2. The van der Waals surface area contributed by atoms with E-state index in [1.807, 2.05) is 0 Å². The quantitative estimate of drug-likeness (QED) is 0.450. The predicted molar refractivity (Wildman–Crippen MR) is 84.3 cm³/mol. The van der Waals surface area contributed by atoms with Gasteiger partial charge in [0.1, 0.15) is 0 Å². The fourth-order valence-electron chi connectivity index (χ4n) is 1.71. The van der Waals surface area contributed by atoms with Crippen molar-refractivity contribution in [1.29, 1.82) is 0 Å². The predicted octanol–water partition coefficient (Wildman–Crippen LogP) is 0.583. The summed E-state index contributed by atoms with van der Waals surface area (Å²) < 4.78 is 25.9. The Kier molecular flexibility index (Phi) is 7.25. The molecular weight excluding hydrogens is 320 g/mol. The molecule has 1 aromatic carbocycles. The van der Waals surface area contributed by atoms with Gasteiger partial charge in [-0.05, 0) is 37.1 Å². The van der Waals surface area contributed by atoms with E-state index in [4.69, 9.17) is 11.5 Å². The van der Waals surface area contributed by atoms with Crippen molar-refractivity contribution in [2.45, 2.75) is 24.2 Å². The Morgan fingerprint density at radius 3 is 2.39 bits per heavy atom. The second-order valence-corrected chi connectivity index (χ2v) is 6.43. The number of rotatable bonds is 9. The Morgan fingerprint density at radius 1 is 1.17 bits per heavy atom. The molecule has 0 unspecified atom stereocenters. The van der Waals surface area contributed by atoms with E-state index in [-0.39, 0.29) is 23.8 Å². The average Bonchev–Trinajstić information content (AvgIpc) is 2.52. The van der Waals surface area contributed by atoms with Crippen LogP contribution in [0.1, 0.15) is 29.6 Å². The van der Waals surface area contributed by atoms with Gasteiger partial charge >= 0.3 is 5.97 Å². The van der Waals surface area contributed by atoms with E-state index in [9.17, 15) is 18.0 Å². The lowest BCUT2D eigenvalue weighted by atomic mass is 10.2. The van der Waals surface area contributed by atoms with E-state index >= 15 is 0 Å². The number of aliphatic carboxylic acids is 1. The van der Waals surface area contributed by atoms with Gasteiger partial charge in [0.2, 0.25) is 10.0 Å². The number of hydrogen-bond donors (Lipinski definition) is 3. The zero-order valence-electron chi connectivity index (χ0n) is 12.4. The maximum Gasteiger partial charge on any atom is 0.303 e. The summed E-state index contributed by atoms with van der Waals surface area (Å²) in [5, 5.41) is 11.1. The normalized spacial score (nSPS) is 10.7. The molecule has 0 saturated heterocycles. The average molecular weight is 338 g/mol. The van der Waals surface area contributed by atoms with Crippen molar-refractivity contribution in [2.75, 3.05) is 13.1 Å². The molecular formula is C15H18N2O5S. The Balaban J connectivity index is 2.54. The number of carbonyl (C=O) groups is 2. The van der Waals surface area contributed by atoms with Crippen LogP contribution in [0.2, 0.25) is 0 Å². The molecule has 0 bridgehead atoms. The van der Waals surface area contributed by atoms with Gasteiger partial charge in [-0.1, -0.05) is 5.92 Å². The highest BCUT2D eigenvalue weighted by molar-refractivity contribution is 7.89. The van der Waals surface area contributed by atoms with Crippen LogP contribution in [0.4, 0.5) is 0 Å². The maximum atomic E-state index is 11.9. The number of sulfonamides is 1. The van der Waals surface area contributed by atoms with E-state index in [0.717, 1.165) is 0 Å². The van der Waals surface area contributed by atoms with Crippen LogP contribution >= 0.6 is 0 Å². The van der Waals surface area contributed by atoms with Crippen molar-refractivity contribution in [3.05, 3.63) is 29.8 Å². The Morgan fingerprint density at radius 2 is 1.83 bits per heavy atom. The molecule has 124 valence electrons. The lowest BCUT2D eigenvalue weighted by Crippen LogP contribution is -2.25. The van der Waals surface area contributed by atoms with Crippen molar-refractivity contribution in [3.8, 4) is 12.3 Å². The summed E-state index contributed by atoms with van der Waals surface area (Å²) in [6, 6.07) is 5.43. The molecule has 0 heterocycles. The second kappa shape index (κ2) is 8.92. The third kappa shape index (κ3) is 6.50. The molecule has 0 radical (unpaired) electrons. The first-order valence-electron chi connectivity index (χ1n) is 6.90. The fraction of sp³-hybridized carbons (Fsp3) is 0.333. The number of carbonyl (C=O) groups excluding carboxylic acids is 1. The fourth-order valence-corrected chi connectivity index (χ4v) is 2.65. The lowest BCUT2D eigenvalue weighted by Gasteiger charge is -2.07. The summed E-state index contributed by atoms with van der Waals surface area (Å²) in [6.07, 6.45) is 6.10. The van der Waals surface area contributed by atoms with Gasteiger partial charge in [-0.15, -0.1) is 6.42 Å². The maximum absolute atomic E-state index is 11.9. The molecule has 0 aromatic heterocycles. The number of nitrogens with one attached hydrogen (secondary N) is 2.